The van der Waals surface area contributed by atoms with E-state index in [-0.39, 0.29) is 0 Å². The smallest absolute Gasteiger partial charge is 0.143 e. The minimum Gasteiger partial charge on any atom is -0.455 e. The molecule has 0 radical (unpaired) electrons. The van der Waals surface area contributed by atoms with Crippen LogP contribution in [0.15, 0.2) is 199 Å². The Morgan fingerprint density at radius 3 is 1.61 bits per heavy atom. The van der Waals surface area contributed by atoms with Crippen molar-refractivity contribution in [2.24, 2.45) is 0 Å². The van der Waals surface area contributed by atoms with Crippen molar-refractivity contribution in [2.45, 2.75) is 0 Å². The van der Waals surface area contributed by atoms with Gasteiger partial charge in [0.2, 0.25) is 0 Å². The zero-order valence-corrected chi connectivity index (χ0v) is 27.8. The highest BCUT2D eigenvalue weighted by Crippen LogP contribution is 2.43. The van der Waals surface area contributed by atoms with Gasteiger partial charge in [-0.05, 0) is 71.3 Å². The highest BCUT2D eigenvalue weighted by atomic mass is 16.3. The first-order valence-electron chi connectivity index (χ1n) is 17.4. The Hall–Kier alpha value is -6.84. The van der Waals surface area contributed by atoms with E-state index < -0.39 is 0 Å². The van der Waals surface area contributed by atoms with Crippen LogP contribution in [0, 0.1) is 0 Å². The molecule has 0 aliphatic rings. The molecule has 3 nitrogen and oxygen atoms in total. The van der Waals surface area contributed by atoms with Gasteiger partial charge in [-0.2, -0.15) is 0 Å². The number of para-hydroxylation sites is 6. The Labute approximate surface area is 295 Å². The van der Waals surface area contributed by atoms with Gasteiger partial charge in [0.1, 0.15) is 11.2 Å². The van der Waals surface area contributed by atoms with Crippen molar-refractivity contribution >= 4 is 60.8 Å². The van der Waals surface area contributed by atoms with Crippen LogP contribution in [0.1, 0.15) is 0 Å². The van der Waals surface area contributed by atoms with Crippen molar-refractivity contribution in [2.75, 3.05) is 4.90 Å². The van der Waals surface area contributed by atoms with Crippen molar-refractivity contribution < 1.29 is 4.42 Å². The summed E-state index contributed by atoms with van der Waals surface area (Å²) in [5.74, 6) is 0. The first kappa shape index (κ1) is 29.1. The normalized spacial score (nSPS) is 11.5. The Morgan fingerprint density at radius 1 is 0.373 bits per heavy atom. The maximum Gasteiger partial charge on any atom is 0.143 e. The van der Waals surface area contributed by atoms with Crippen LogP contribution in [0.4, 0.5) is 17.1 Å². The predicted molar refractivity (Wildman–Crippen MR) is 214 cm³/mol. The summed E-state index contributed by atoms with van der Waals surface area (Å²) in [6, 6.07) is 69.1. The summed E-state index contributed by atoms with van der Waals surface area (Å²) in [4.78, 5) is 2.37. The van der Waals surface area contributed by atoms with E-state index in [1.807, 2.05) is 12.1 Å². The van der Waals surface area contributed by atoms with Crippen LogP contribution in [-0.4, -0.2) is 4.57 Å². The van der Waals surface area contributed by atoms with Crippen LogP contribution in [-0.2, 0) is 0 Å². The van der Waals surface area contributed by atoms with Crippen molar-refractivity contribution in [1.29, 1.82) is 0 Å². The number of aromatic nitrogens is 1. The summed E-state index contributed by atoms with van der Waals surface area (Å²) in [6.45, 7) is 0. The van der Waals surface area contributed by atoms with Crippen molar-refractivity contribution in [1.82, 2.24) is 4.57 Å². The highest BCUT2D eigenvalue weighted by molar-refractivity contribution is 6.11. The summed E-state index contributed by atoms with van der Waals surface area (Å²) in [7, 11) is 0. The van der Waals surface area contributed by atoms with Crippen LogP contribution in [0.2, 0.25) is 0 Å². The Balaban J connectivity index is 1.15. The molecule has 0 saturated heterocycles. The van der Waals surface area contributed by atoms with Crippen LogP contribution in [0.25, 0.3) is 71.7 Å². The molecule has 10 rings (SSSR count). The molecule has 10 aromatic rings. The molecule has 0 saturated carbocycles. The SMILES string of the molecule is c1ccc(-c2ccc(N(c3ccc(-c4cccc5c4oc4ccccc45)cc3)c3ccccc3-n3c4ccccc4c4ccccc43)cc2)cc1. The van der Waals surface area contributed by atoms with Crippen molar-refractivity contribution in [3.8, 4) is 27.9 Å². The molecule has 240 valence electrons. The molecule has 2 aromatic heterocycles. The highest BCUT2D eigenvalue weighted by Gasteiger charge is 2.21. The van der Waals surface area contributed by atoms with Crippen LogP contribution >= 0.6 is 0 Å². The van der Waals surface area contributed by atoms with Gasteiger partial charge in [-0.3, -0.25) is 0 Å². The second kappa shape index (κ2) is 11.9. The molecule has 0 aliphatic heterocycles. The van der Waals surface area contributed by atoms with Gasteiger partial charge in [-0.25, -0.2) is 0 Å². The number of hydrogen-bond acceptors (Lipinski definition) is 2. The number of rotatable bonds is 6. The molecule has 8 aromatic carbocycles. The van der Waals surface area contributed by atoms with Gasteiger partial charge < -0.3 is 13.9 Å². The number of fused-ring (bicyclic) bond motifs is 6. The van der Waals surface area contributed by atoms with E-state index in [0.29, 0.717) is 0 Å². The molecule has 0 aliphatic carbocycles. The molecule has 0 fully saturated rings. The van der Waals surface area contributed by atoms with Gasteiger partial charge in [0, 0.05) is 38.5 Å². The fourth-order valence-corrected chi connectivity index (χ4v) is 7.65. The lowest BCUT2D eigenvalue weighted by molar-refractivity contribution is 0.670. The largest absolute Gasteiger partial charge is 0.455 e. The van der Waals surface area contributed by atoms with Crippen LogP contribution in [0.3, 0.4) is 0 Å². The molecular formula is C48H32N2O. The third-order valence-electron chi connectivity index (χ3n) is 10.0. The van der Waals surface area contributed by atoms with E-state index >= 15 is 0 Å². The molecule has 0 spiro atoms. The van der Waals surface area contributed by atoms with E-state index in [2.05, 4.69) is 191 Å². The second-order valence-corrected chi connectivity index (χ2v) is 12.9. The Kier molecular flexibility index (Phi) is 6.81. The first-order valence-corrected chi connectivity index (χ1v) is 17.4. The first-order chi connectivity index (χ1) is 25.3. The van der Waals surface area contributed by atoms with E-state index in [1.165, 1.54) is 32.9 Å². The minimum absolute atomic E-state index is 0.906. The zero-order chi connectivity index (χ0) is 33.7. The fourth-order valence-electron chi connectivity index (χ4n) is 7.65. The van der Waals surface area contributed by atoms with E-state index in [0.717, 1.165) is 55.8 Å². The van der Waals surface area contributed by atoms with Gasteiger partial charge in [0.15, 0.2) is 0 Å². The number of anilines is 3. The quantitative estimate of drug-likeness (QED) is 0.178. The molecule has 3 heteroatoms. The molecule has 2 heterocycles. The lowest BCUT2D eigenvalue weighted by Gasteiger charge is -2.28. The fraction of sp³-hybridized carbons (Fsp3) is 0. The monoisotopic (exact) mass is 652 g/mol. The minimum atomic E-state index is 0.906. The van der Waals surface area contributed by atoms with Crippen molar-refractivity contribution in [3.63, 3.8) is 0 Å². The number of hydrogen-bond donors (Lipinski definition) is 0. The van der Waals surface area contributed by atoms with Gasteiger partial charge in [-0.1, -0.05) is 140 Å². The molecule has 0 unspecified atom stereocenters. The molecule has 0 atom stereocenters. The lowest BCUT2D eigenvalue weighted by Crippen LogP contribution is -2.13. The summed E-state index contributed by atoms with van der Waals surface area (Å²) in [5, 5.41) is 4.75. The number of benzene rings is 8. The maximum atomic E-state index is 6.42. The standard InChI is InChI=1S/C48H32N2O/c1-2-13-33(14-3-1)34-25-29-36(30-26-34)49(37-31-27-35(28-32-37)38-18-12-19-42-41-17-6-11-24-47(41)51-48(38)42)45-22-9-10-23-46(45)50-43-20-7-4-15-39(43)40-16-5-8-21-44(40)50/h1-32H. The van der Waals surface area contributed by atoms with Crippen LogP contribution < -0.4 is 4.90 Å². The van der Waals surface area contributed by atoms with E-state index in [9.17, 15) is 0 Å². The summed E-state index contributed by atoms with van der Waals surface area (Å²) in [5.41, 5.74) is 13.1. The zero-order valence-electron chi connectivity index (χ0n) is 27.8. The summed E-state index contributed by atoms with van der Waals surface area (Å²) in [6.07, 6.45) is 0. The lowest BCUT2D eigenvalue weighted by atomic mass is 10.0. The summed E-state index contributed by atoms with van der Waals surface area (Å²) < 4.78 is 8.82. The molecular weight excluding hydrogens is 621 g/mol. The van der Waals surface area contributed by atoms with Gasteiger partial charge in [0.25, 0.3) is 0 Å². The molecule has 51 heavy (non-hydrogen) atoms. The Bertz CT molecular complexity index is 2790. The number of furan rings is 1. The molecule has 0 bridgehead atoms. The molecule has 0 N–H and O–H groups in total. The van der Waals surface area contributed by atoms with Gasteiger partial charge >= 0.3 is 0 Å². The predicted octanol–water partition coefficient (Wildman–Crippen LogP) is 13.5. The third-order valence-corrected chi connectivity index (χ3v) is 10.0. The average molecular weight is 653 g/mol. The summed E-state index contributed by atoms with van der Waals surface area (Å²) >= 11 is 0. The Morgan fingerprint density at radius 2 is 0.902 bits per heavy atom. The van der Waals surface area contributed by atoms with Gasteiger partial charge in [-0.15, -0.1) is 0 Å². The van der Waals surface area contributed by atoms with E-state index in [1.54, 1.807) is 0 Å². The van der Waals surface area contributed by atoms with Crippen LogP contribution in [0.5, 0.6) is 0 Å². The van der Waals surface area contributed by atoms with Gasteiger partial charge in [0.05, 0.1) is 22.4 Å². The molecule has 0 amide bonds. The topological polar surface area (TPSA) is 21.3 Å². The second-order valence-electron chi connectivity index (χ2n) is 12.9. The average Bonchev–Trinajstić information content (AvgIpc) is 3.75. The van der Waals surface area contributed by atoms with Crippen molar-refractivity contribution in [3.05, 3.63) is 194 Å². The number of nitrogens with zero attached hydrogens (tertiary/aromatic N) is 2. The maximum absolute atomic E-state index is 6.42. The van der Waals surface area contributed by atoms with E-state index in [4.69, 9.17) is 4.42 Å². The third kappa shape index (κ3) is 4.82.